The van der Waals surface area contributed by atoms with E-state index >= 15 is 0 Å². The number of aromatic nitrogens is 3. The first-order valence-corrected chi connectivity index (χ1v) is 7.16. The third kappa shape index (κ3) is 5.02. The minimum absolute atomic E-state index is 0.0158. The summed E-state index contributed by atoms with van der Waals surface area (Å²) in [5.74, 6) is 0.0830. The Labute approximate surface area is 125 Å². The van der Waals surface area contributed by atoms with Gasteiger partial charge in [0.25, 0.3) is 0 Å². The van der Waals surface area contributed by atoms with Gasteiger partial charge < -0.3 is 5.32 Å². The predicted molar refractivity (Wildman–Crippen MR) is 82.5 cm³/mol. The summed E-state index contributed by atoms with van der Waals surface area (Å²) in [4.78, 5) is 16.0. The minimum Gasteiger partial charge on any atom is -0.354 e. The van der Waals surface area contributed by atoms with Crippen molar-refractivity contribution in [2.24, 2.45) is 5.41 Å². The molecule has 2 aromatic heterocycles. The van der Waals surface area contributed by atoms with Crippen LogP contribution in [0.2, 0.25) is 0 Å². The number of hydrogen-bond donors (Lipinski definition) is 1. The van der Waals surface area contributed by atoms with E-state index in [1.165, 1.54) is 0 Å². The summed E-state index contributed by atoms with van der Waals surface area (Å²) in [7, 11) is 0. The number of carbonyl (C=O) groups excluding carboxylic acids is 1. The molecule has 112 valence electrons. The van der Waals surface area contributed by atoms with Crippen LogP contribution in [0.4, 0.5) is 0 Å². The van der Waals surface area contributed by atoms with Gasteiger partial charge in [0.1, 0.15) is 5.69 Å². The molecule has 5 nitrogen and oxygen atoms in total. The van der Waals surface area contributed by atoms with Gasteiger partial charge in [-0.3, -0.25) is 14.5 Å². The average Bonchev–Trinajstić information content (AvgIpc) is 2.86. The van der Waals surface area contributed by atoms with Crippen molar-refractivity contribution in [3.05, 3.63) is 36.7 Å². The Bertz CT molecular complexity index is 584. The van der Waals surface area contributed by atoms with E-state index in [1.54, 1.807) is 6.20 Å². The molecule has 0 atom stereocenters. The number of carbonyl (C=O) groups is 1. The number of pyridine rings is 1. The summed E-state index contributed by atoms with van der Waals surface area (Å²) in [6.45, 7) is 7.40. The van der Waals surface area contributed by atoms with Gasteiger partial charge in [-0.15, -0.1) is 0 Å². The van der Waals surface area contributed by atoms with Crippen LogP contribution in [0.3, 0.4) is 0 Å². The molecule has 0 bridgehead atoms. The number of hydrogen-bond acceptors (Lipinski definition) is 3. The van der Waals surface area contributed by atoms with E-state index in [1.807, 2.05) is 35.1 Å². The fraction of sp³-hybridized carbons (Fsp3) is 0.438. The van der Waals surface area contributed by atoms with Crippen LogP contribution in [-0.4, -0.2) is 27.2 Å². The van der Waals surface area contributed by atoms with Crippen molar-refractivity contribution in [3.63, 3.8) is 0 Å². The van der Waals surface area contributed by atoms with Gasteiger partial charge in [-0.2, -0.15) is 5.10 Å². The van der Waals surface area contributed by atoms with Crippen molar-refractivity contribution < 1.29 is 4.79 Å². The van der Waals surface area contributed by atoms with Crippen LogP contribution in [0.15, 0.2) is 36.7 Å². The molecule has 0 aliphatic heterocycles. The Balaban J connectivity index is 1.83. The molecule has 2 rings (SSSR count). The van der Waals surface area contributed by atoms with Crippen molar-refractivity contribution in [2.45, 2.75) is 33.7 Å². The van der Waals surface area contributed by atoms with Crippen LogP contribution < -0.4 is 5.32 Å². The highest BCUT2D eigenvalue weighted by Crippen LogP contribution is 2.17. The summed E-state index contributed by atoms with van der Waals surface area (Å²) in [6.07, 6.45) is 4.19. The Kier molecular flexibility index (Phi) is 4.73. The van der Waals surface area contributed by atoms with Gasteiger partial charge in [-0.25, -0.2) is 0 Å². The van der Waals surface area contributed by atoms with E-state index in [4.69, 9.17) is 0 Å². The Morgan fingerprint density at radius 2 is 2.05 bits per heavy atom. The molecule has 0 radical (unpaired) electrons. The molecule has 0 aliphatic carbocycles. The highest BCUT2D eigenvalue weighted by atomic mass is 16.1. The standard InChI is InChI=1S/C16H22N4O/c1-16(2,3)12-15(21)18-9-11-20-10-7-14(19-20)13-6-4-5-8-17-13/h4-8,10H,9,11-12H2,1-3H3,(H,18,21). The average molecular weight is 286 g/mol. The minimum atomic E-state index is 0.0158. The number of nitrogens with one attached hydrogen (secondary N) is 1. The highest BCUT2D eigenvalue weighted by Gasteiger charge is 2.15. The van der Waals surface area contributed by atoms with Gasteiger partial charge in [0.2, 0.25) is 5.91 Å². The highest BCUT2D eigenvalue weighted by molar-refractivity contribution is 5.76. The molecular weight excluding hydrogens is 264 g/mol. The molecular formula is C16H22N4O. The summed E-state index contributed by atoms with van der Waals surface area (Å²) in [5.41, 5.74) is 1.71. The zero-order valence-corrected chi connectivity index (χ0v) is 12.8. The lowest BCUT2D eigenvalue weighted by Gasteiger charge is -2.17. The van der Waals surface area contributed by atoms with E-state index in [2.05, 4.69) is 36.2 Å². The number of rotatable bonds is 5. The van der Waals surface area contributed by atoms with Gasteiger partial charge in [0, 0.05) is 25.4 Å². The lowest BCUT2D eigenvalue weighted by molar-refractivity contribution is -0.122. The van der Waals surface area contributed by atoms with Crippen LogP contribution in [0.25, 0.3) is 11.4 Å². The van der Waals surface area contributed by atoms with Crippen molar-refractivity contribution in [1.29, 1.82) is 0 Å². The Morgan fingerprint density at radius 1 is 1.24 bits per heavy atom. The topological polar surface area (TPSA) is 59.8 Å². The maximum absolute atomic E-state index is 11.7. The van der Waals surface area contributed by atoms with E-state index in [0.717, 1.165) is 11.4 Å². The van der Waals surface area contributed by atoms with E-state index in [9.17, 15) is 4.79 Å². The number of amides is 1. The second-order valence-electron chi connectivity index (χ2n) is 6.27. The van der Waals surface area contributed by atoms with Gasteiger partial charge in [0.15, 0.2) is 0 Å². The summed E-state index contributed by atoms with van der Waals surface area (Å²) in [5, 5.41) is 7.38. The monoisotopic (exact) mass is 286 g/mol. The Hall–Kier alpha value is -2.17. The lowest BCUT2D eigenvalue weighted by atomic mass is 9.92. The van der Waals surface area contributed by atoms with Crippen molar-refractivity contribution in [2.75, 3.05) is 6.54 Å². The molecule has 0 aliphatic rings. The van der Waals surface area contributed by atoms with Gasteiger partial charge >= 0.3 is 0 Å². The number of nitrogens with zero attached hydrogens (tertiary/aromatic N) is 3. The SMILES string of the molecule is CC(C)(C)CC(=O)NCCn1ccc(-c2ccccn2)n1. The molecule has 2 aromatic rings. The quantitative estimate of drug-likeness (QED) is 0.918. The summed E-state index contributed by atoms with van der Waals surface area (Å²) >= 11 is 0. The van der Waals surface area contributed by atoms with Crippen LogP contribution in [-0.2, 0) is 11.3 Å². The molecule has 5 heteroatoms. The normalized spacial score (nSPS) is 11.4. The molecule has 2 heterocycles. The lowest BCUT2D eigenvalue weighted by Crippen LogP contribution is -2.30. The zero-order chi connectivity index (χ0) is 15.3. The van der Waals surface area contributed by atoms with Gasteiger partial charge in [-0.05, 0) is 23.6 Å². The smallest absolute Gasteiger partial charge is 0.220 e. The van der Waals surface area contributed by atoms with Crippen molar-refractivity contribution >= 4 is 5.91 Å². The molecule has 0 aromatic carbocycles. The maximum Gasteiger partial charge on any atom is 0.220 e. The fourth-order valence-electron chi connectivity index (χ4n) is 1.99. The molecule has 0 saturated carbocycles. The fourth-order valence-corrected chi connectivity index (χ4v) is 1.99. The first-order chi connectivity index (χ1) is 9.94. The summed E-state index contributed by atoms with van der Waals surface area (Å²) in [6, 6.07) is 7.68. The van der Waals surface area contributed by atoms with E-state index in [-0.39, 0.29) is 11.3 Å². The molecule has 1 N–H and O–H groups in total. The van der Waals surface area contributed by atoms with Crippen LogP contribution in [0.5, 0.6) is 0 Å². The van der Waals surface area contributed by atoms with Crippen molar-refractivity contribution in [3.8, 4) is 11.4 Å². The second-order valence-corrected chi connectivity index (χ2v) is 6.27. The first kappa shape index (κ1) is 15.2. The van der Waals surface area contributed by atoms with Gasteiger partial charge in [0.05, 0.1) is 12.2 Å². The molecule has 0 saturated heterocycles. The molecule has 0 unspecified atom stereocenters. The third-order valence-corrected chi connectivity index (χ3v) is 2.92. The van der Waals surface area contributed by atoms with E-state index in [0.29, 0.717) is 19.5 Å². The van der Waals surface area contributed by atoms with Crippen LogP contribution >= 0.6 is 0 Å². The largest absolute Gasteiger partial charge is 0.354 e. The molecule has 1 amide bonds. The maximum atomic E-state index is 11.7. The summed E-state index contributed by atoms with van der Waals surface area (Å²) < 4.78 is 1.82. The molecule has 21 heavy (non-hydrogen) atoms. The molecule has 0 spiro atoms. The van der Waals surface area contributed by atoms with Crippen LogP contribution in [0, 0.1) is 5.41 Å². The predicted octanol–water partition coefficient (Wildman–Crippen LogP) is 2.50. The third-order valence-electron chi connectivity index (χ3n) is 2.92. The second kappa shape index (κ2) is 6.52. The van der Waals surface area contributed by atoms with E-state index < -0.39 is 0 Å². The van der Waals surface area contributed by atoms with Gasteiger partial charge in [-0.1, -0.05) is 26.8 Å². The van der Waals surface area contributed by atoms with Crippen LogP contribution in [0.1, 0.15) is 27.2 Å². The first-order valence-electron chi connectivity index (χ1n) is 7.16. The Morgan fingerprint density at radius 3 is 2.71 bits per heavy atom. The molecule has 0 fully saturated rings. The zero-order valence-electron chi connectivity index (χ0n) is 12.8. The van der Waals surface area contributed by atoms with Crippen molar-refractivity contribution in [1.82, 2.24) is 20.1 Å².